The number of aromatic amines is 1. The van der Waals surface area contributed by atoms with Gasteiger partial charge in [0.15, 0.2) is 5.13 Å². The average Bonchev–Trinajstić information content (AvgIpc) is 3.47. The fraction of sp³-hybridized carbons (Fsp3) is 0.0556. The summed E-state index contributed by atoms with van der Waals surface area (Å²) in [6.45, 7) is 0.553. The number of carbonyl (C=O) groups is 1. The molecule has 0 aliphatic rings. The van der Waals surface area contributed by atoms with E-state index in [4.69, 9.17) is 0 Å². The van der Waals surface area contributed by atoms with Crippen LogP contribution in [0.15, 0.2) is 48.5 Å². The van der Waals surface area contributed by atoms with Gasteiger partial charge in [-0.3, -0.25) is 5.32 Å². The van der Waals surface area contributed by atoms with E-state index in [0.717, 1.165) is 26.4 Å². The number of carbonyl (C=O) groups excluding carboxylic acids is 1. The number of urea groups is 1. The summed E-state index contributed by atoms with van der Waals surface area (Å²) in [4.78, 5) is 33.3. The molecule has 11 heteroatoms. The Morgan fingerprint density at radius 1 is 1.10 bits per heavy atom. The molecule has 2 amide bonds. The first-order valence-electron chi connectivity index (χ1n) is 8.63. The first-order valence-corrected chi connectivity index (χ1v) is 10.3. The quantitative estimate of drug-likeness (QED) is 0.335. The number of para-hydroxylation sites is 1. The van der Waals surface area contributed by atoms with Gasteiger partial charge in [-0.15, -0.1) is 11.3 Å². The molecule has 9 nitrogen and oxygen atoms in total. The van der Waals surface area contributed by atoms with Gasteiger partial charge in [0, 0.05) is 11.1 Å². The smallest absolute Gasteiger partial charge is 0.325 e. The lowest BCUT2D eigenvalue weighted by Crippen LogP contribution is -2.19. The number of benzene rings is 1. The molecule has 0 fully saturated rings. The Morgan fingerprint density at radius 3 is 3.03 bits per heavy atom. The number of thiazole rings is 1. The Hall–Kier alpha value is -3.57. The summed E-state index contributed by atoms with van der Waals surface area (Å²) in [6.07, 6.45) is 4.87. The highest BCUT2D eigenvalue weighted by Gasteiger charge is 2.11. The van der Waals surface area contributed by atoms with Crippen LogP contribution in [0.5, 0.6) is 0 Å². The molecule has 0 radical (unpaired) electrons. The van der Waals surface area contributed by atoms with Crippen molar-refractivity contribution in [3.05, 3.63) is 53.4 Å². The molecule has 0 unspecified atom stereocenters. The minimum absolute atomic E-state index is 0.370. The normalized spacial score (nSPS) is 11.0. The minimum Gasteiger partial charge on any atom is -0.364 e. The van der Waals surface area contributed by atoms with Gasteiger partial charge in [0.25, 0.3) is 0 Å². The van der Waals surface area contributed by atoms with Gasteiger partial charge < -0.3 is 15.6 Å². The number of H-pyrrole nitrogens is 1. The largest absolute Gasteiger partial charge is 0.364 e. The highest BCUT2D eigenvalue weighted by atomic mass is 32.1. The van der Waals surface area contributed by atoms with E-state index < -0.39 is 0 Å². The predicted octanol–water partition coefficient (Wildman–Crippen LogP) is 4.28. The number of amides is 2. The maximum Gasteiger partial charge on any atom is 0.325 e. The van der Waals surface area contributed by atoms with Crippen LogP contribution in [0.4, 0.5) is 21.4 Å². The first kappa shape index (κ1) is 17.5. The molecule has 0 atom stereocenters. The summed E-state index contributed by atoms with van der Waals surface area (Å²) < 4.78 is 1.02. The van der Waals surface area contributed by atoms with Gasteiger partial charge in [0.05, 0.1) is 34.3 Å². The molecule has 0 aliphatic heterocycles. The van der Waals surface area contributed by atoms with Crippen LogP contribution in [0.2, 0.25) is 0 Å². The molecular weight excluding hydrogens is 408 g/mol. The minimum atomic E-state index is -0.370. The lowest BCUT2D eigenvalue weighted by molar-refractivity contribution is 0.262. The zero-order chi connectivity index (χ0) is 19.6. The number of hydrogen-bond acceptors (Lipinski definition) is 8. The summed E-state index contributed by atoms with van der Waals surface area (Å²) in [7, 11) is 0. The molecular formula is C18H14N8OS2. The van der Waals surface area contributed by atoms with Crippen molar-refractivity contribution < 1.29 is 4.79 Å². The van der Waals surface area contributed by atoms with Crippen LogP contribution in [0.1, 0.15) is 4.88 Å². The molecule has 5 aromatic rings. The van der Waals surface area contributed by atoms with Gasteiger partial charge >= 0.3 is 6.03 Å². The van der Waals surface area contributed by atoms with Gasteiger partial charge in [0.2, 0.25) is 0 Å². The molecule has 5 rings (SSSR count). The number of thiophene rings is 1. The highest BCUT2D eigenvalue weighted by Crippen LogP contribution is 2.26. The number of nitrogens with one attached hydrogen (secondary N) is 4. The van der Waals surface area contributed by atoms with Crippen molar-refractivity contribution in [1.29, 1.82) is 0 Å². The average molecular weight is 422 g/mol. The second kappa shape index (κ2) is 7.45. The molecule has 0 bridgehead atoms. The second-order valence-corrected chi connectivity index (χ2v) is 8.06. The molecule has 4 heterocycles. The lowest BCUT2D eigenvalue weighted by atomic mass is 10.2. The fourth-order valence-electron chi connectivity index (χ4n) is 2.85. The third-order valence-electron chi connectivity index (χ3n) is 4.15. The molecule has 4 N–H and O–H groups in total. The maximum absolute atomic E-state index is 12.3. The third-order valence-corrected chi connectivity index (χ3v) is 5.97. The molecule has 0 saturated carbocycles. The first-order chi connectivity index (χ1) is 14.3. The Balaban J connectivity index is 1.23. The van der Waals surface area contributed by atoms with Gasteiger partial charge in [0.1, 0.15) is 17.7 Å². The number of nitrogens with zero attached hydrogens (tertiary/aromatic N) is 4. The zero-order valence-corrected chi connectivity index (χ0v) is 16.5. The van der Waals surface area contributed by atoms with E-state index in [0.29, 0.717) is 22.9 Å². The number of hydrogen-bond donors (Lipinski definition) is 4. The van der Waals surface area contributed by atoms with Crippen molar-refractivity contribution in [1.82, 2.24) is 24.9 Å². The number of imidazole rings is 1. The number of fused-ring (bicyclic) bond motifs is 2. The van der Waals surface area contributed by atoms with E-state index in [2.05, 4.69) is 40.9 Å². The van der Waals surface area contributed by atoms with Crippen LogP contribution in [-0.2, 0) is 6.54 Å². The van der Waals surface area contributed by atoms with Crippen molar-refractivity contribution in [3.8, 4) is 0 Å². The van der Waals surface area contributed by atoms with Crippen LogP contribution in [0.25, 0.3) is 21.3 Å². The van der Waals surface area contributed by atoms with E-state index in [-0.39, 0.29) is 6.03 Å². The molecule has 0 aliphatic carbocycles. The summed E-state index contributed by atoms with van der Waals surface area (Å²) in [5, 5.41) is 11.4. The Kier molecular flexibility index (Phi) is 4.50. The summed E-state index contributed by atoms with van der Waals surface area (Å²) in [6, 6.07) is 7.13. The number of anilines is 3. The Morgan fingerprint density at radius 2 is 2.07 bits per heavy atom. The van der Waals surface area contributed by atoms with Crippen molar-refractivity contribution >= 4 is 66.6 Å². The van der Waals surface area contributed by atoms with Gasteiger partial charge in [-0.05, 0) is 23.6 Å². The molecule has 29 heavy (non-hydrogen) atoms. The third kappa shape index (κ3) is 3.60. The molecule has 144 valence electrons. The van der Waals surface area contributed by atoms with Gasteiger partial charge in [-0.2, -0.15) is 0 Å². The van der Waals surface area contributed by atoms with Crippen LogP contribution >= 0.6 is 22.7 Å². The van der Waals surface area contributed by atoms with E-state index in [1.54, 1.807) is 36.3 Å². The summed E-state index contributed by atoms with van der Waals surface area (Å²) in [5.41, 5.74) is 3.11. The van der Waals surface area contributed by atoms with Crippen LogP contribution in [-0.4, -0.2) is 31.0 Å². The summed E-state index contributed by atoms with van der Waals surface area (Å²) >= 11 is 2.99. The predicted molar refractivity (Wildman–Crippen MR) is 116 cm³/mol. The molecule has 0 spiro atoms. The van der Waals surface area contributed by atoms with E-state index >= 15 is 0 Å². The Labute approximate surface area is 172 Å². The monoisotopic (exact) mass is 422 g/mol. The number of aromatic nitrogens is 5. The van der Waals surface area contributed by atoms with Crippen molar-refractivity contribution in [3.63, 3.8) is 0 Å². The summed E-state index contributed by atoms with van der Waals surface area (Å²) in [5.74, 6) is 0.790. The molecule has 4 aromatic heterocycles. The fourth-order valence-corrected chi connectivity index (χ4v) is 4.41. The van der Waals surface area contributed by atoms with E-state index in [1.165, 1.54) is 11.3 Å². The van der Waals surface area contributed by atoms with Crippen LogP contribution in [0.3, 0.4) is 0 Å². The Bertz CT molecular complexity index is 1310. The van der Waals surface area contributed by atoms with E-state index in [1.807, 2.05) is 23.6 Å². The number of rotatable bonds is 5. The van der Waals surface area contributed by atoms with Gasteiger partial charge in [-0.1, -0.05) is 17.4 Å². The second-order valence-electron chi connectivity index (χ2n) is 6.03. The van der Waals surface area contributed by atoms with Gasteiger partial charge in [-0.25, -0.2) is 24.7 Å². The van der Waals surface area contributed by atoms with Crippen molar-refractivity contribution in [2.75, 3.05) is 16.0 Å². The molecule has 1 aromatic carbocycles. The lowest BCUT2D eigenvalue weighted by Gasteiger charge is -2.06. The van der Waals surface area contributed by atoms with Crippen molar-refractivity contribution in [2.45, 2.75) is 6.54 Å². The zero-order valence-electron chi connectivity index (χ0n) is 14.8. The van der Waals surface area contributed by atoms with Crippen LogP contribution in [0, 0.1) is 0 Å². The SMILES string of the molecule is O=C(Nc1ncc(CNc2ncnc3ccsc23)s1)Nc1cccc2[nH]cnc12. The highest BCUT2D eigenvalue weighted by molar-refractivity contribution is 7.17. The standard InChI is InChI=1S/C18H14N8OS2/c27-17(25-12-3-1-2-11-14(12)23-8-21-11)26-18-20-7-10(29-18)6-19-16-15-13(4-5-28-15)22-9-24-16/h1-5,7-9H,6H2,(H,21,23)(H,19,22,24)(H2,20,25,26,27). The van der Waals surface area contributed by atoms with Crippen LogP contribution < -0.4 is 16.0 Å². The maximum atomic E-state index is 12.3. The van der Waals surface area contributed by atoms with E-state index in [9.17, 15) is 4.79 Å². The van der Waals surface area contributed by atoms with Crippen molar-refractivity contribution in [2.24, 2.45) is 0 Å². The molecule has 0 saturated heterocycles. The topological polar surface area (TPSA) is 121 Å².